The second kappa shape index (κ2) is 6.29. The summed E-state index contributed by atoms with van der Waals surface area (Å²) in [5, 5.41) is 2.51. The Labute approximate surface area is 124 Å². The number of anilines is 1. The van der Waals surface area contributed by atoms with E-state index in [4.69, 9.17) is 23.2 Å². The maximum atomic E-state index is 11.5. The average molecular weight is 314 g/mol. The van der Waals surface area contributed by atoms with Gasteiger partial charge in [-0.3, -0.25) is 10.2 Å². The van der Waals surface area contributed by atoms with E-state index < -0.39 is 0 Å². The number of nitrogen functional groups attached to an aromatic ring is 2. The number of carbonyl (C=O) groups is 1. The number of thiophene rings is 1. The van der Waals surface area contributed by atoms with E-state index in [1.165, 1.54) is 23.1 Å². The zero-order valence-electron chi connectivity index (χ0n) is 9.85. The van der Waals surface area contributed by atoms with Crippen molar-refractivity contribution in [2.24, 2.45) is 5.84 Å². The summed E-state index contributed by atoms with van der Waals surface area (Å²) in [6.45, 7) is 0. The molecule has 0 spiro atoms. The van der Waals surface area contributed by atoms with E-state index in [1.807, 2.05) is 17.5 Å². The van der Waals surface area contributed by atoms with Crippen LogP contribution in [0.3, 0.4) is 0 Å². The molecule has 0 unspecified atom stereocenters. The Hall–Kier alpha value is -1.21. The summed E-state index contributed by atoms with van der Waals surface area (Å²) in [5.74, 6) is 5.51. The van der Waals surface area contributed by atoms with Crippen LogP contribution in [0.4, 0.5) is 5.69 Å². The summed E-state index contributed by atoms with van der Waals surface area (Å²) in [7, 11) is 0. The Balaban J connectivity index is 2.13. The van der Waals surface area contributed by atoms with Crippen molar-refractivity contribution in [3.63, 3.8) is 0 Å². The van der Waals surface area contributed by atoms with Crippen molar-refractivity contribution >= 4 is 46.3 Å². The van der Waals surface area contributed by atoms with Crippen LogP contribution in [0.1, 0.15) is 15.2 Å². The number of hydrazine groups is 1. The summed E-state index contributed by atoms with van der Waals surface area (Å²) in [5.41, 5.74) is 9.46. The van der Waals surface area contributed by atoms with Crippen molar-refractivity contribution in [1.82, 2.24) is 5.43 Å². The van der Waals surface area contributed by atoms with Gasteiger partial charge >= 0.3 is 0 Å². The van der Waals surface area contributed by atoms with Crippen LogP contribution in [0.15, 0.2) is 34.5 Å². The van der Waals surface area contributed by atoms with Gasteiger partial charge < -0.3 is 5.73 Å². The molecule has 19 heavy (non-hydrogen) atoms. The SMILES string of the molecule is NNC(=O)c1sccc1CSc1cc(N)ccc1Cl. The molecule has 5 N–H and O–H groups in total. The number of hydrogen-bond donors (Lipinski definition) is 3. The van der Waals surface area contributed by atoms with Crippen molar-refractivity contribution in [3.05, 3.63) is 45.1 Å². The molecule has 0 atom stereocenters. The first-order valence-corrected chi connectivity index (χ1v) is 7.61. The number of nitrogens with one attached hydrogen (secondary N) is 1. The highest BCUT2D eigenvalue weighted by Gasteiger charge is 2.12. The van der Waals surface area contributed by atoms with Gasteiger partial charge in [-0.2, -0.15) is 0 Å². The lowest BCUT2D eigenvalue weighted by Gasteiger charge is -2.06. The molecule has 1 aromatic carbocycles. The fourth-order valence-electron chi connectivity index (χ4n) is 1.50. The molecule has 1 heterocycles. The van der Waals surface area contributed by atoms with Gasteiger partial charge in [0, 0.05) is 16.3 Å². The number of benzene rings is 1. The summed E-state index contributed by atoms with van der Waals surface area (Å²) >= 11 is 8.99. The Morgan fingerprint density at radius 3 is 2.95 bits per heavy atom. The summed E-state index contributed by atoms with van der Waals surface area (Å²) in [4.78, 5) is 13.1. The fraction of sp³-hybridized carbons (Fsp3) is 0.0833. The highest BCUT2D eigenvalue weighted by atomic mass is 35.5. The molecule has 1 aromatic heterocycles. The lowest BCUT2D eigenvalue weighted by atomic mass is 10.3. The average Bonchev–Trinajstić information content (AvgIpc) is 2.87. The Morgan fingerprint density at radius 2 is 2.21 bits per heavy atom. The van der Waals surface area contributed by atoms with E-state index in [9.17, 15) is 4.79 Å². The zero-order chi connectivity index (χ0) is 13.8. The molecule has 0 saturated heterocycles. The Bertz CT molecular complexity index is 600. The maximum Gasteiger partial charge on any atom is 0.275 e. The number of carbonyl (C=O) groups excluding carboxylic acids is 1. The molecular weight excluding hydrogens is 302 g/mol. The number of rotatable bonds is 4. The van der Waals surface area contributed by atoms with Gasteiger partial charge in [0.05, 0.1) is 9.90 Å². The van der Waals surface area contributed by atoms with Crippen molar-refractivity contribution in [2.75, 3.05) is 5.73 Å². The minimum Gasteiger partial charge on any atom is -0.399 e. The van der Waals surface area contributed by atoms with Crippen molar-refractivity contribution in [1.29, 1.82) is 0 Å². The Morgan fingerprint density at radius 1 is 1.42 bits per heavy atom. The fourth-order valence-corrected chi connectivity index (χ4v) is 3.68. The molecule has 0 radical (unpaired) electrons. The maximum absolute atomic E-state index is 11.5. The monoisotopic (exact) mass is 313 g/mol. The van der Waals surface area contributed by atoms with Gasteiger partial charge in [0.1, 0.15) is 0 Å². The number of nitrogens with two attached hydrogens (primary N) is 2. The van der Waals surface area contributed by atoms with Crippen molar-refractivity contribution in [3.8, 4) is 0 Å². The number of thioether (sulfide) groups is 1. The van der Waals surface area contributed by atoms with Gasteiger partial charge in [-0.15, -0.1) is 23.1 Å². The number of hydrogen-bond acceptors (Lipinski definition) is 5. The molecule has 0 saturated carbocycles. The van der Waals surface area contributed by atoms with Crippen LogP contribution < -0.4 is 17.0 Å². The molecule has 7 heteroatoms. The molecule has 2 aromatic rings. The van der Waals surface area contributed by atoms with E-state index >= 15 is 0 Å². The van der Waals surface area contributed by atoms with E-state index in [-0.39, 0.29) is 5.91 Å². The largest absolute Gasteiger partial charge is 0.399 e. The minimum absolute atomic E-state index is 0.274. The van der Waals surface area contributed by atoms with Gasteiger partial charge in [0.25, 0.3) is 5.91 Å². The number of halogens is 1. The highest BCUT2D eigenvalue weighted by molar-refractivity contribution is 7.98. The molecule has 0 aliphatic carbocycles. The second-order valence-corrected chi connectivity index (χ2v) is 6.07. The topological polar surface area (TPSA) is 81.1 Å². The van der Waals surface area contributed by atoms with Crippen LogP contribution in [0.25, 0.3) is 0 Å². The van der Waals surface area contributed by atoms with E-state index in [0.717, 1.165) is 10.5 Å². The summed E-state index contributed by atoms with van der Waals surface area (Å²) in [6.07, 6.45) is 0. The first-order valence-electron chi connectivity index (χ1n) is 5.37. The van der Waals surface area contributed by atoms with Crippen LogP contribution in [0.5, 0.6) is 0 Å². The van der Waals surface area contributed by atoms with Gasteiger partial charge in [-0.05, 0) is 35.2 Å². The summed E-state index contributed by atoms with van der Waals surface area (Å²) in [6, 6.07) is 7.25. The van der Waals surface area contributed by atoms with Gasteiger partial charge in [-0.25, -0.2) is 5.84 Å². The van der Waals surface area contributed by atoms with E-state index in [2.05, 4.69) is 5.43 Å². The molecule has 0 aliphatic heterocycles. The van der Waals surface area contributed by atoms with Crippen LogP contribution in [0.2, 0.25) is 5.02 Å². The lowest BCUT2D eigenvalue weighted by Crippen LogP contribution is -2.29. The molecule has 2 rings (SSSR count). The third kappa shape index (κ3) is 3.42. The quantitative estimate of drug-likeness (QED) is 0.266. The standard InChI is InChI=1S/C12H12ClN3OS2/c13-9-2-1-8(14)5-10(9)19-6-7-3-4-18-11(7)12(17)16-15/h1-5H,6,14-15H2,(H,16,17). The molecule has 100 valence electrons. The van der Waals surface area contributed by atoms with Gasteiger partial charge in [-0.1, -0.05) is 11.6 Å². The smallest absolute Gasteiger partial charge is 0.275 e. The predicted molar refractivity (Wildman–Crippen MR) is 81.4 cm³/mol. The van der Waals surface area contributed by atoms with Crippen LogP contribution in [-0.4, -0.2) is 5.91 Å². The molecule has 0 aliphatic rings. The molecule has 1 amide bonds. The Kier molecular flexibility index (Phi) is 4.71. The zero-order valence-corrected chi connectivity index (χ0v) is 12.2. The van der Waals surface area contributed by atoms with Gasteiger partial charge in [0.15, 0.2) is 0 Å². The molecular formula is C12H12ClN3OS2. The predicted octanol–water partition coefficient (Wildman–Crippen LogP) is 2.88. The first-order chi connectivity index (χ1) is 9.11. The van der Waals surface area contributed by atoms with Crippen molar-refractivity contribution in [2.45, 2.75) is 10.6 Å². The molecule has 4 nitrogen and oxygen atoms in total. The first kappa shape index (κ1) is 14.2. The molecule has 0 bridgehead atoms. The third-order valence-electron chi connectivity index (χ3n) is 2.42. The second-order valence-electron chi connectivity index (χ2n) is 3.73. The van der Waals surface area contributed by atoms with Crippen LogP contribution >= 0.6 is 34.7 Å². The van der Waals surface area contributed by atoms with Gasteiger partial charge in [0.2, 0.25) is 0 Å². The highest BCUT2D eigenvalue weighted by Crippen LogP contribution is 2.33. The molecule has 0 fully saturated rings. The summed E-state index contributed by atoms with van der Waals surface area (Å²) < 4.78 is 0. The third-order valence-corrected chi connectivity index (χ3v) is 4.92. The normalized spacial score (nSPS) is 10.4. The lowest BCUT2D eigenvalue weighted by molar-refractivity contribution is 0.0957. The van der Waals surface area contributed by atoms with E-state index in [1.54, 1.807) is 12.1 Å². The van der Waals surface area contributed by atoms with E-state index in [0.29, 0.717) is 21.3 Å². The minimum atomic E-state index is -0.274. The van der Waals surface area contributed by atoms with Crippen molar-refractivity contribution < 1.29 is 4.79 Å². The number of amides is 1. The van der Waals surface area contributed by atoms with Crippen LogP contribution in [-0.2, 0) is 5.75 Å². The van der Waals surface area contributed by atoms with Crippen LogP contribution in [0, 0.1) is 0 Å².